The van der Waals surface area contributed by atoms with Gasteiger partial charge in [0.1, 0.15) is 6.54 Å². The Bertz CT molecular complexity index is 403. The van der Waals surface area contributed by atoms with Crippen molar-refractivity contribution in [3.8, 4) is 0 Å². The number of aliphatic hydroxyl groups is 1. The van der Waals surface area contributed by atoms with Crippen LogP contribution < -0.4 is 5.32 Å². The summed E-state index contributed by atoms with van der Waals surface area (Å²) in [4.78, 5) is 11.4. The number of hydrogen-bond acceptors (Lipinski definition) is 3. The fourth-order valence-corrected chi connectivity index (χ4v) is 1.16. The van der Waals surface area contributed by atoms with Crippen LogP contribution in [0.1, 0.15) is 12.6 Å². The van der Waals surface area contributed by atoms with E-state index in [1.807, 2.05) is 0 Å². The molecular weight excluding hydrogens is 251 g/mol. The molecule has 0 radical (unpaired) electrons. The molecule has 5 nitrogen and oxygen atoms in total. The van der Waals surface area contributed by atoms with Gasteiger partial charge in [-0.15, -0.1) is 0 Å². The first-order valence-corrected chi connectivity index (χ1v) is 5.31. The molecular formula is C10H14F3N3O2. The van der Waals surface area contributed by atoms with Crippen LogP contribution in [0.5, 0.6) is 0 Å². The lowest BCUT2D eigenvalue weighted by molar-refractivity contribution is -0.141. The number of nitrogens with one attached hydrogen (secondary N) is 1. The maximum Gasteiger partial charge on any atom is 0.435 e. The highest BCUT2D eigenvalue weighted by Crippen LogP contribution is 2.27. The van der Waals surface area contributed by atoms with E-state index in [9.17, 15) is 18.0 Å². The number of halogens is 3. The molecule has 1 aromatic heterocycles. The number of rotatable bonds is 5. The first-order chi connectivity index (χ1) is 8.32. The van der Waals surface area contributed by atoms with Gasteiger partial charge in [-0.05, 0) is 12.0 Å². The normalized spacial score (nSPS) is 13.4. The molecule has 102 valence electrons. The van der Waals surface area contributed by atoms with Crippen LogP contribution >= 0.6 is 0 Å². The Morgan fingerprint density at radius 2 is 2.28 bits per heavy atom. The topological polar surface area (TPSA) is 67.2 Å². The predicted octanol–water partition coefficient (Wildman–Crippen LogP) is 0.646. The molecule has 0 aliphatic heterocycles. The second-order valence-electron chi connectivity index (χ2n) is 3.99. The quantitative estimate of drug-likeness (QED) is 0.821. The molecule has 0 aromatic carbocycles. The summed E-state index contributed by atoms with van der Waals surface area (Å²) in [5.41, 5.74) is -1.03. The minimum atomic E-state index is -4.51. The van der Waals surface area contributed by atoms with Crippen LogP contribution in [0, 0.1) is 5.92 Å². The van der Waals surface area contributed by atoms with Gasteiger partial charge in [0.15, 0.2) is 5.69 Å². The molecule has 1 aromatic rings. The van der Waals surface area contributed by atoms with E-state index < -0.39 is 17.8 Å². The minimum absolute atomic E-state index is 0.0692. The maximum absolute atomic E-state index is 12.2. The number of nitrogens with zero attached hydrogens (tertiary/aromatic N) is 2. The second-order valence-corrected chi connectivity index (χ2v) is 3.99. The monoisotopic (exact) mass is 265 g/mol. The lowest BCUT2D eigenvalue weighted by Crippen LogP contribution is -2.32. The van der Waals surface area contributed by atoms with E-state index in [2.05, 4.69) is 10.4 Å². The number of carbonyl (C=O) groups is 1. The summed E-state index contributed by atoms with van der Waals surface area (Å²) in [5.74, 6) is -0.551. The van der Waals surface area contributed by atoms with E-state index in [0.29, 0.717) is 0 Å². The first kappa shape index (κ1) is 14.5. The van der Waals surface area contributed by atoms with Gasteiger partial charge < -0.3 is 10.4 Å². The fraction of sp³-hybridized carbons (Fsp3) is 0.600. The molecule has 0 aliphatic carbocycles. The maximum atomic E-state index is 12.2. The molecule has 1 atom stereocenters. The third-order valence-electron chi connectivity index (χ3n) is 2.20. The Balaban J connectivity index is 2.48. The van der Waals surface area contributed by atoms with Gasteiger partial charge in [-0.2, -0.15) is 18.3 Å². The molecule has 0 aliphatic rings. The summed E-state index contributed by atoms with van der Waals surface area (Å²) in [6, 6.07) is 0.809. The molecule has 2 N–H and O–H groups in total. The van der Waals surface area contributed by atoms with Crippen LogP contribution in [0.4, 0.5) is 13.2 Å². The molecule has 8 heteroatoms. The van der Waals surface area contributed by atoms with Crippen molar-refractivity contribution < 1.29 is 23.1 Å². The third kappa shape index (κ3) is 4.36. The average Bonchev–Trinajstić information content (AvgIpc) is 2.74. The van der Waals surface area contributed by atoms with Gasteiger partial charge >= 0.3 is 6.18 Å². The predicted molar refractivity (Wildman–Crippen MR) is 56.5 cm³/mol. The molecule has 0 fully saturated rings. The van der Waals surface area contributed by atoms with E-state index in [-0.39, 0.29) is 25.6 Å². The van der Waals surface area contributed by atoms with Crippen molar-refractivity contribution in [1.82, 2.24) is 15.1 Å². The van der Waals surface area contributed by atoms with Crippen LogP contribution in [-0.4, -0.2) is 33.9 Å². The number of carbonyl (C=O) groups excluding carboxylic acids is 1. The number of alkyl halides is 3. The van der Waals surface area contributed by atoms with Gasteiger partial charge in [0.05, 0.1) is 0 Å². The Labute approximate surface area is 102 Å². The average molecular weight is 265 g/mol. The van der Waals surface area contributed by atoms with Crippen molar-refractivity contribution in [3.05, 3.63) is 18.0 Å². The highest BCUT2D eigenvalue weighted by Gasteiger charge is 2.33. The van der Waals surface area contributed by atoms with Crippen molar-refractivity contribution in [2.24, 2.45) is 5.92 Å². The van der Waals surface area contributed by atoms with E-state index in [0.717, 1.165) is 16.9 Å². The minimum Gasteiger partial charge on any atom is -0.396 e. The third-order valence-corrected chi connectivity index (χ3v) is 2.20. The van der Waals surface area contributed by atoms with Crippen LogP contribution in [0.3, 0.4) is 0 Å². The largest absolute Gasteiger partial charge is 0.435 e. The fourth-order valence-electron chi connectivity index (χ4n) is 1.16. The Hall–Kier alpha value is -1.57. The van der Waals surface area contributed by atoms with Gasteiger partial charge in [0, 0.05) is 19.3 Å². The second kappa shape index (κ2) is 5.85. The summed E-state index contributed by atoms with van der Waals surface area (Å²) in [6.45, 7) is 1.65. The van der Waals surface area contributed by atoms with Crippen molar-refractivity contribution in [1.29, 1.82) is 0 Å². The number of aliphatic hydroxyl groups excluding tert-OH is 1. The number of hydrogen-bond donors (Lipinski definition) is 2. The molecule has 0 saturated heterocycles. The SMILES string of the molecule is CC(CO)CNC(=O)Cn1ccc(C(F)(F)F)n1. The zero-order valence-electron chi connectivity index (χ0n) is 9.74. The van der Waals surface area contributed by atoms with E-state index in [1.165, 1.54) is 0 Å². The van der Waals surface area contributed by atoms with Gasteiger partial charge in [-0.25, -0.2) is 0 Å². The summed E-state index contributed by atoms with van der Waals surface area (Å²) in [7, 11) is 0. The lowest BCUT2D eigenvalue weighted by atomic mass is 10.2. The van der Waals surface area contributed by atoms with Crippen LogP contribution in [0.25, 0.3) is 0 Å². The van der Waals surface area contributed by atoms with Crippen LogP contribution in [0.15, 0.2) is 12.3 Å². The zero-order chi connectivity index (χ0) is 13.8. The Kier molecular flexibility index (Phi) is 4.71. The molecule has 1 amide bonds. The highest BCUT2D eigenvalue weighted by molar-refractivity contribution is 5.75. The van der Waals surface area contributed by atoms with Gasteiger partial charge in [0.25, 0.3) is 0 Å². The smallest absolute Gasteiger partial charge is 0.396 e. The molecule has 1 heterocycles. The first-order valence-electron chi connectivity index (χ1n) is 5.31. The van der Waals surface area contributed by atoms with Crippen LogP contribution in [0.2, 0.25) is 0 Å². The molecule has 0 bridgehead atoms. The standard InChI is InChI=1S/C10H14F3N3O2/c1-7(6-17)4-14-9(18)5-16-3-2-8(15-16)10(11,12)13/h2-3,7,17H,4-6H2,1H3,(H,14,18). The summed E-state index contributed by atoms with van der Waals surface area (Å²) < 4.78 is 37.6. The zero-order valence-corrected chi connectivity index (χ0v) is 9.74. The Morgan fingerprint density at radius 1 is 1.61 bits per heavy atom. The highest BCUT2D eigenvalue weighted by atomic mass is 19.4. The van der Waals surface area contributed by atoms with E-state index >= 15 is 0 Å². The van der Waals surface area contributed by atoms with Gasteiger partial charge in [-0.3, -0.25) is 9.48 Å². The van der Waals surface area contributed by atoms with Crippen molar-refractivity contribution in [2.45, 2.75) is 19.6 Å². The van der Waals surface area contributed by atoms with Gasteiger partial charge in [0.2, 0.25) is 5.91 Å². The van der Waals surface area contributed by atoms with E-state index in [4.69, 9.17) is 5.11 Å². The molecule has 0 spiro atoms. The number of amides is 1. The molecule has 0 saturated carbocycles. The van der Waals surface area contributed by atoms with Crippen LogP contribution in [-0.2, 0) is 17.5 Å². The molecule has 18 heavy (non-hydrogen) atoms. The van der Waals surface area contributed by atoms with Crippen molar-refractivity contribution in [3.63, 3.8) is 0 Å². The molecule has 1 unspecified atom stereocenters. The Morgan fingerprint density at radius 3 is 2.78 bits per heavy atom. The molecule has 1 rings (SSSR count). The number of aromatic nitrogens is 2. The summed E-state index contributed by atoms with van der Waals surface area (Å²) in [6.07, 6.45) is -3.41. The summed E-state index contributed by atoms with van der Waals surface area (Å²) in [5, 5.41) is 14.5. The lowest BCUT2D eigenvalue weighted by Gasteiger charge is -2.09. The van der Waals surface area contributed by atoms with Gasteiger partial charge in [-0.1, -0.05) is 6.92 Å². The van der Waals surface area contributed by atoms with Crippen molar-refractivity contribution >= 4 is 5.91 Å². The summed E-state index contributed by atoms with van der Waals surface area (Å²) >= 11 is 0. The van der Waals surface area contributed by atoms with Crippen molar-refractivity contribution in [2.75, 3.05) is 13.2 Å². The van der Waals surface area contributed by atoms with E-state index in [1.54, 1.807) is 6.92 Å².